The van der Waals surface area contributed by atoms with Crippen LogP contribution in [0.1, 0.15) is 6.92 Å². The van der Waals surface area contributed by atoms with Crippen LogP contribution < -0.4 is 15.6 Å². The Morgan fingerprint density at radius 3 is 1.54 bits per heavy atom. The molecule has 0 bridgehead atoms. The van der Waals surface area contributed by atoms with Crippen molar-refractivity contribution >= 4 is 30.1 Å². The van der Waals surface area contributed by atoms with E-state index in [0.29, 0.717) is 0 Å². The summed E-state index contributed by atoms with van der Waals surface area (Å²) in [4.78, 5) is 0. The summed E-state index contributed by atoms with van der Waals surface area (Å²) >= 11 is 0. The summed E-state index contributed by atoms with van der Waals surface area (Å²) in [5.41, 5.74) is 0. The number of rotatable bonds is 6. The van der Waals surface area contributed by atoms with Crippen molar-refractivity contribution < 1.29 is 4.53 Å². The van der Waals surface area contributed by atoms with Crippen molar-refractivity contribution in [2.75, 3.05) is 0 Å². The van der Waals surface area contributed by atoms with E-state index >= 15 is 0 Å². The van der Waals surface area contributed by atoms with E-state index in [1.807, 2.05) is 54.6 Å². The number of hydrogen-bond donors (Lipinski definition) is 0. The lowest BCUT2D eigenvalue weighted by Gasteiger charge is -2.30. The van der Waals surface area contributed by atoms with Crippen LogP contribution in [0.5, 0.6) is 0 Å². The molecule has 26 heavy (non-hydrogen) atoms. The van der Waals surface area contributed by atoms with Crippen LogP contribution in [0.4, 0.5) is 0 Å². The lowest BCUT2D eigenvalue weighted by Crippen LogP contribution is -2.68. The van der Waals surface area contributed by atoms with Crippen molar-refractivity contribution in [2.24, 2.45) is 11.1 Å². The number of benzene rings is 3. The minimum absolute atomic E-state index is 0.302. The van der Waals surface area contributed by atoms with Crippen LogP contribution in [0, 0.1) is 17.2 Å². The molecule has 0 spiro atoms. The fraction of sp³-hybridized carbons (Fsp3) is 0.0909. The lowest BCUT2D eigenvalue weighted by molar-refractivity contribution is 0.349. The first-order valence-electron chi connectivity index (χ1n) is 8.55. The largest absolute Gasteiger partial charge is 0.438 e. The Bertz CT molecular complexity index is 793. The zero-order valence-electron chi connectivity index (χ0n) is 14.6. The average Bonchev–Trinajstić information content (AvgIpc) is 2.73. The minimum atomic E-state index is -2.81. The van der Waals surface area contributed by atoms with E-state index in [9.17, 15) is 0 Å². The first kappa shape index (κ1) is 17.7. The van der Waals surface area contributed by atoms with E-state index in [-0.39, 0.29) is 5.92 Å². The van der Waals surface area contributed by atoms with Crippen molar-refractivity contribution in [1.82, 2.24) is 0 Å². The van der Waals surface area contributed by atoms with E-state index in [2.05, 4.69) is 47.6 Å². The molecule has 0 aromatic heterocycles. The molecule has 0 radical (unpaired) electrons. The third kappa shape index (κ3) is 3.58. The first-order chi connectivity index (χ1) is 12.8. The predicted octanol–water partition coefficient (Wildman–Crippen LogP) is 2.82. The zero-order chi connectivity index (χ0) is 18.2. The molecule has 0 heterocycles. The van der Waals surface area contributed by atoms with Gasteiger partial charge in [-0.1, -0.05) is 91.0 Å². The molecule has 0 aliphatic carbocycles. The van der Waals surface area contributed by atoms with Gasteiger partial charge in [0.05, 0.1) is 18.2 Å². The molecular formula is C22H20N2OSi. The zero-order valence-corrected chi connectivity index (χ0v) is 15.6. The molecule has 1 unspecified atom stereocenters. The summed E-state index contributed by atoms with van der Waals surface area (Å²) in [5.74, 6) is -0.302. The molecule has 0 aliphatic heterocycles. The SMILES string of the molecule is CC(C#N)C=NO[Si](c1ccccc1)(c1ccccc1)c1ccccc1. The molecule has 128 valence electrons. The molecule has 0 aliphatic rings. The van der Waals surface area contributed by atoms with Crippen LogP contribution in [-0.4, -0.2) is 14.5 Å². The fourth-order valence-corrected chi connectivity index (χ4v) is 6.43. The molecule has 3 aromatic carbocycles. The molecule has 0 saturated carbocycles. The maximum Gasteiger partial charge on any atom is 0.380 e. The van der Waals surface area contributed by atoms with Gasteiger partial charge in [0.1, 0.15) is 0 Å². The molecule has 1 atom stereocenters. The van der Waals surface area contributed by atoms with E-state index in [0.717, 1.165) is 15.6 Å². The van der Waals surface area contributed by atoms with Gasteiger partial charge in [0.25, 0.3) is 0 Å². The highest BCUT2D eigenvalue weighted by atomic mass is 28.4. The Labute approximate surface area is 155 Å². The highest BCUT2D eigenvalue weighted by Gasteiger charge is 2.44. The van der Waals surface area contributed by atoms with Crippen LogP contribution in [0.2, 0.25) is 0 Å². The van der Waals surface area contributed by atoms with Gasteiger partial charge < -0.3 is 4.53 Å². The van der Waals surface area contributed by atoms with E-state index in [4.69, 9.17) is 9.79 Å². The highest BCUT2D eigenvalue weighted by molar-refractivity contribution is 7.07. The van der Waals surface area contributed by atoms with Gasteiger partial charge in [-0.3, -0.25) is 0 Å². The predicted molar refractivity (Wildman–Crippen MR) is 108 cm³/mol. The molecule has 4 heteroatoms. The summed E-state index contributed by atoms with van der Waals surface area (Å²) in [6.07, 6.45) is 1.57. The molecular weight excluding hydrogens is 336 g/mol. The average molecular weight is 357 g/mol. The molecule has 3 rings (SSSR count). The highest BCUT2D eigenvalue weighted by Crippen LogP contribution is 2.10. The van der Waals surface area contributed by atoms with Crippen molar-refractivity contribution in [3.63, 3.8) is 0 Å². The Hall–Kier alpha value is -3.16. The van der Waals surface area contributed by atoms with Gasteiger partial charge in [-0.05, 0) is 22.5 Å². The van der Waals surface area contributed by atoms with Crippen molar-refractivity contribution in [2.45, 2.75) is 6.92 Å². The van der Waals surface area contributed by atoms with E-state index in [1.54, 1.807) is 13.1 Å². The molecule has 0 N–H and O–H groups in total. The Morgan fingerprint density at radius 1 is 0.808 bits per heavy atom. The van der Waals surface area contributed by atoms with Crippen molar-refractivity contribution in [1.29, 1.82) is 5.26 Å². The third-order valence-electron chi connectivity index (χ3n) is 4.22. The van der Waals surface area contributed by atoms with Gasteiger partial charge in [-0.15, -0.1) is 5.16 Å². The molecule has 3 aromatic rings. The smallest absolute Gasteiger partial charge is 0.380 e. The van der Waals surface area contributed by atoms with Gasteiger partial charge in [-0.25, -0.2) is 0 Å². The summed E-state index contributed by atoms with van der Waals surface area (Å²) in [6, 6.07) is 32.8. The second-order valence-corrected chi connectivity index (χ2v) is 9.32. The topological polar surface area (TPSA) is 45.4 Å². The fourth-order valence-electron chi connectivity index (χ4n) is 2.91. The second kappa shape index (κ2) is 8.28. The van der Waals surface area contributed by atoms with E-state index < -0.39 is 8.32 Å². The molecule has 0 saturated heterocycles. The van der Waals surface area contributed by atoms with Crippen LogP contribution in [0.25, 0.3) is 0 Å². The van der Waals surface area contributed by atoms with Gasteiger partial charge in [0, 0.05) is 0 Å². The van der Waals surface area contributed by atoms with Gasteiger partial charge >= 0.3 is 8.32 Å². The molecule has 0 fully saturated rings. The minimum Gasteiger partial charge on any atom is -0.438 e. The first-order valence-corrected chi connectivity index (χ1v) is 10.5. The van der Waals surface area contributed by atoms with E-state index in [1.165, 1.54) is 0 Å². The maximum absolute atomic E-state index is 9.03. The number of oxime groups is 1. The van der Waals surface area contributed by atoms with Gasteiger partial charge in [-0.2, -0.15) is 5.26 Å². The molecule has 3 nitrogen and oxygen atoms in total. The van der Waals surface area contributed by atoms with Gasteiger partial charge in [0.15, 0.2) is 0 Å². The summed E-state index contributed by atoms with van der Waals surface area (Å²) in [6.45, 7) is 1.80. The standard InChI is InChI=1S/C22H20N2OSi/c1-19(17-23)18-24-25-26(20-11-5-2-6-12-20,21-13-7-3-8-14-21)22-15-9-4-10-16-22/h2-16,18-19H,1H3. The number of nitrogens with zero attached hydrogens (tertiary/aromatic N) is 2. The monoisotopic (exact) mass is 356 g/mol. The van der Waals surface area contributed by atoms with Crippen molar-refractivity contribution in [3.05, 3.63) is 91.0 Å². The molecule has 0 amide bonds. The summed E-state index contributed by atoms with van der Waals surface area (Å²) in [7, 11) is -2.81. The maximum atomic E-state index is 9.03. The summed E-state index contributed by atoms with van der Waals surface area (Å²) < 4.78 is 6.32. The van der Waals surface area contributed by atoms with Crippen LogP contribution in [0.15, 0.2) is 96.2 Å². The lowest BCUT2D eigenvalue weighted by atomic mass is 10.2. The van der Waals surface area contributed by atoms with Crippen LogP contribution in [0.3, 0.4) is 0 Å². The Kier molecular flexibility index (Phi) is 5.62. The third-order valence-corrected chi connectivity index (χ3v) is 8.04. The second-order valence-electron chi connectivity index (χ2n) is 6.04. The van der Waals surface area contributed by atoms with Crippen LogP contribution >= 0.6 is 0 Å². The Morgan fingerprint density at radius 2 is 1.19 bits per heavy atom. The quantitative estimate of drug-likeness (QED) is 0.295. The normalized spacial score (nSPS) is 12.5. The summed E-state index contributed by atoms with van der Waals surface area (Å²) in [5, 5.41) is 16.6. The van der Waals surface area contributed by atoms with Crippen molar-refractivity contribution in [3.8, 4) is 6.07 Å². The van der Waals surface area contributed by atoms with Gasteiger partial charge in [0.2, 0.25) is 0 Å². The number of hydrogen-bond acceptors (Lipinski definition) is 3. The Balaban J connectivity index is 2.21. The number of nitriles is 1. The van der Waals surface area contributed by atoms with Crippen LogP contribution in [-0.2, 0) is 4.53 Å².